The number of benzene rings is 1. The van der Waals surface area contributed by atoms with Crippen LogP contribution in [-0.2, 0) is 9.47 Å². The molecular formula is C16H24N2O3. The SMILES string of the molecule is CCOC(=O)c1cccc(N)c1N(C)CC1CCOCC1. The third-order valence-corrected chi connectivity index (χ3v) is 3.82. The Morgan fingerprint density at radius 1 is 1.43 bits per heavy atom. The van der Waals surface area contributed by atoms with Crippen LogP contribution >= 0.6 is 0 Å². The summed E-state index contributed by atoms with van der Waals surface area (Å²) in [5.74, 6) is 0.247. The van der Waals surface area contributed by atoms with E-state index in [2.05, 4.69) is 4.90 Å². The van der Waals surface area contributed by atoms with Crippen molar-refractivity contribution in [2.75, 3.05) is 44.0 Å². The molecule has 1 aliphatic heterocycles. The minimum absolute atomic E-state index is 0.321. The van der Waals surface area contributed by atoms with E-state index < -0.39 is 0 Å². The predicted molar refractivity (Wildman–Crippen MR) is 83.6 cm³/mol. The number of esters is 1. The second kappa shape index (κ2) is 7.31. The van der Waals surface area contributed by atoms with Gasteiger partial charge in [0.25, 0.3) is 0 Å². The van der Waals surface area contributed by atoms with E-state index in [9.17, 15) is 4.79 Å². The van der Waals surface area contributed by atoms with Gasteiger partial charge in [0.1, 0.15) is 0 Å². The number of carbonyl (C=O) groups excluding carboxylic acids is 1. The van der Waals surface area contributed by atoms with E-state index in [1.165, 1.54) is 0 Å². The highest BCUT2D eigenvalue weighted by Gasteiger charge is 2.21. The number of rotatable bonds is 5. The molecule has 1 heterocycles. The predicted octanol–water partition coefficient (Wildman–Crippen LogP) is 2.31. The largest absolute Gasteiger partial charge is 0.462 e. The van der Waals surface area contributed by atoms with Crippen LogP contribution in [0.3, 0.4) is 0 Å². The number of carbonyl (C=O) groups is 1. The number of nitrogen functional groups attached to an aromatic ring is 1. The van der Waals surface area contributed by atoms with E-state index in [1.54, 1.807) is 19.1 Å². The van der Waals surface area contributed by atoms with Crippen LogP contribution in [0, 0.1) is 5.92 Å². The molecule has 0 unspecified atom stereocenters. The van der Waals surface area contributed by atoms with Crippen molar-refractivity contribution >= 4 is 17.3 Å². The van der Waals surface area contributed by atoms with Crippen molar-refractivity contribution in [1.29, 1.82) is 0 Å². The van der Waals surface area contributed by atoms with Gasteiger partial charge in [-0.15, -0.1) is 0 Å². The van der Waals surface area contributed by atoms with E-state index in [1.807, 2.05) is 13.1 Å². The number of nitrogens with zero attached hydrogens (tertiary/aromatic N) is 1. The Balaban J connectivity index is 2.18. The fourth-order valence-electron chi connectivity index (χ4n) is 2.77. The Labute approximate surface area is 126 Å². The number of anilines is 2. The Kier molecular flexibility index (Phi) is 5.44. The average Bonchev–Trinajstić information content (AvgIpc) is 2.48. The summed E-state index contributed by atoms with van der Waals surface area (Å²) >= 11 is 0. The summed E-state index contributed by atoms with van der Waals surface area (Å²) in [4.78, 5) is 14.2. The third-order valence-electron chi connectivity index (χ3n) is 3.82. The number of hydrogen-bond acceptors (Lipinski definition) is 5. The minimum Gasteiger partial charge on any atom is -0.462 e. The van der Waals surface area contributed by atoms with Gasteiger partial charge in [0.15, 0.2) is 0 Å². The van der Waals surface area contributed by atoms with Crippen molar-refractivity contribution < 1.29 is 14.3 Å². The molecule has 2 N–H and O–H groups in total. The molecule has 116 valence electrons. The summed E-state index contributed by atoms with van der Waals surface area (Å²) < 4.78 is 10.5. The molecule has 1 aromatic rings. The minimum atomic E-state index is -0.321. The smallest absolute Gasteiger partial charge is 0.340 e. The van der Waals surface area contributed by atoms with Crippen molar-refractivity contribution in [1.82, 2.24) is 0 Å². The molecule has 21 heavy (non-hydrogen) atoms. The van der Waals surface area contributed by atoms with E-state index in [4.69, 9.17) is 15.2 Å². The summed E-state index contributed by atoms with van der Waals surface area (Å²) in [7, 11) is 1.98. The zero-order chi connectivity index (χ0) is 15.2. The molecule has 1 aromatic carbocycles. The molecule has 0 atom stereocenters. The van der Waals surface area contributed by atoms with Gasteiger partial charge in [-0.2, -0.15) is 0 Å². The standard InChI is InChI=1S/C16H24N2O3/c1-3-21-16(19)13-5-4-6-14(17)15(13)18(2)11-12-7-9-20-10-8-12/h4-6,12H,3,7-11,17H2,1-2H3. The monoisotopic (exact) mass is 292 g/mol. The van der Waals surface area contributed by atoms with Gasteiger partial charge in [-0.05, 0) is 37.8 Å². The first-order chi connectivity index (χ1) is 10.1. The van der Waals surface area contributed by atoms with Crippen LogP contribution in [0.2, 0.25) is 0 Å². The van der Waals surface area contributed by atoms with Gasteiger partial charge in [0.05, 0.1) is 23.5 Å². The highest BCUT2D eigenvalue weighted by Crippen LogP contribution is 2.29. The second-order valence-corrected chi connectivity index (χ2v) is 5.40. The molecular weight excluding hydrogens is 268 g/mol. The molecule has 2 rings (SSSR count). The first kappa shape index (κ1) is 15.6. The van der Waals surface area contributed by atoms with Crippen molar-refractivity contribution in [2.24, 2.45) is 5.92 Å². The molecule has 1 aliphatic rings. The van der Waals surface area contributed by atoms with Gasteiger partial charge in [-0.1, -0.05) is 6.07 Å². The normalized spacial score (nSPS) is 15.7. The molecule has 0 aromatic heterocycles. The topological polar surface area (TPSA) is 64.8 Å². The first-order valence-corrected chi connectivity index (χ1v) is 7.48. The van der Waals surface area contributed by atoms with Crippen LogP contribution in [-0.4, -0.2) is 39.4 Å². The number of nitrogens with two attached hydrogens (primary N) is 1. The number of ether oxygens (including phenoxy) is 2. The fraction of sp³-hybridized carbons (Fsp3) is 0.562. The van der Waals surface area contributed by atoms with Crippen LogP contribution in [0.15, 0.2) is 18.2 Å². The highest BCUT2D eigenvalue weighted by molar-refractivity contribution is 5.99. The van der Waals surface area contributed by atoms with Gasteiger partial charge < -0.3 is 20.1 Å². The molecule has 5 heteroatoms. The first-order valence-electron chi connectivity index (χ1n) is 7.48. The number of hydrogen-bond donors (Lipinski definition) is 1. The maximum atomic E-state index is 12.1. The lowest BCUT2D eigenvalue weighted by Gasteiger charge is -2.30. The summed E-state index contributed by atoms with van der Waals surface area (Å²) in [6.07, 6.45) is 2.09. The highest BCUT2D eigenvalue weighted by atomic mass is 16.5. The van der Waals surface area contributed by atoms with E-state index in [0.29, 0.717) is 23.8 Å². The summed E-state index contributed by atoms with van der Waals surface area (Å²) in [6, 6.07) is 5.37. The van der Waals surface area contributed by atoms with Crippen LogP contribution in [0.5, 0.6) is 0 Å². The average molecular weight is 292 g/mol. The van der Waals surface area contributed by atoms with E-state index in [0.717, 1.165) is 38.3 Å². The van der Waals surface area contributed by atoms with Gasteiger partial charge in [-0.25, -0.2) is 4.79 Å². The van der Waals surface area contributed by atoms with Crippen LogP contribution in [0.1, 0.15) is 30.1 Å². The van der Waals surface area contributed by atoms with Crippen LogP contribution in [0.25, 0.3) is 0 Å². The van der Waals surface area contributed by atoms with Crippen molar-refractivity contribution in [3.8, 4) is 0 Å². The maximum Gasteiger partial charge on any atom is 0.340 e. The molecule has 0 bridgehead atoms. The fourth-order valence-corrected chi connectivity index (χ4v) is 2.77. The van der Waals surface area contributed by atoms with Crippen molar-refractivity contribution in [3.63, 3.8) is 0 Å². The lowest BCUT2D eigenvalue weighted by molar-refractivity contribution is 0.0526. The van der Waals surface area contributed by atoms with Gasteiger partial charge in [0.2, 0.25) is 0 Å². The van der Waals surface area contributed by atoms with Crippen LogP contribution in [0.4, 0.5) is 11.4 Å². The summed E-state index contributed by atoms with van der Waals surface area (Å²) in [6.45, 7) is 4.65. The molecule has 1 saturated heterocycles. The van der Waals surface area contributed by atoms with E-state index in [-0.39, 0.29) is 5.97 Å². The molecule has 0 radical (unpaired) electrons. The Hall–Kier alpha value is -1.75. The Bertz CT molecular complexity index is 484. The van der Waals surface area contributed by atoms with Gasteiger partial charge >= 0.3 is 5.97 Å². The zero-order valence-electron chi connectivity index (χ0n) is 12.8. The molecule has 1 fully saturated rings. The maximum absolute atomic E-state index is 12.1. The second-order valence-electron chi connectivity index (χ2n) is 5.40. The van der Waals surface area contributed by atoms with Crippen molar-refractivity contribution in [2.45, 2.75) is 19.8 Å². The Morgan fingerprint density at radius 3 is 2.81 bits per heavy atom. The molecule has 0 aliphatic carbocycles. The van der Waals surface area contributed by atoms with Crippen LogP contribution < -0.4 is 10.6 Å². The summed E-state index contributed by atoms with van der Waals surface area (Å²) in [5, 5.41) is 0. The molecule has 5 nitrogen and oxygen atoms in total. The molecule has 0 spiro atoms. The third kappa shape index (κ3) is 3.88. The lowest BCUT2D eigenvalue weighted by atomic mass is 9.99. The molecule has 0 saturated carbocycles. The van der Waals surface area contributed by atoms with E-state index >= 15 is 0 Å². The summed E-state index contributed by atoms with van der Waals surface area (Å²) in [5.41, 5.74) is 7.99. The zero-order valence-corrected chi connectivity index (χ0v) is 12.8. The van der Waals surface area contributed by atoms with Gasteiger partial charge in [-0.3, -0.25) is 0 Å². The van der Waals surface area contributed by atoms with Gasteiger partial charge in [0, 0.05) is 26.8 Å². The molecule has 0 amide bonds. The lowest BCUT2D eigenvalue weighted by Crippen LogP contribution is -2.31. The quantitative estimate of drug-likeness (QED) is 0.666. The van der Waals surface area contributed by atoms with Crippen molar-refractivity contribution in [3.05, 3.63) is 23.8 Å². The Morgan fingerprint density at radius 2 is 2.14 bits per heavy atom. The number of para-hydroxylation sites is 1.